The van der Waals surface area contributed by atoms with E-state index in [-0.39, 0.29) is 41.1 Å². The summed E-state index contributed by atoms with van der Waals surface area (Å²) in [5.74, 6) is -0.417. The number of fused-ring (bicyclic) bond motifs is 1. The van der Waals surface area contributed by atoms with E-state index in [0.717, 1.165) is 16.5 Å². The highest BCUT2D eigenvalue weighted by atomic mass is 16.3. The molecule has 0 radical (unpaired) electrons. The maximum absolute atomic E-state index is 12.7. The number of carbonyl (C=O) groups is 2. The van der Waals surface area contributed by atoms with Crippen LogP contribution >= 0.6 is 0 Å². The zero-order valence-corrected chi connectivity index (χ0v) is 14.8. The largest absolute Gasteiger partial charge is 0.393 e. The van der Waals surface area contributed by atoms with Crippen LogP contribution in [0.15, 0.2) is 42.6 Å². The lowest BCUT2D eigenvalue weighted by atomic mass is 9.75. The van der Waals surface area contributed by atoms with Gasteiger partial charge >= 0.3 is 0 Å². The summed E-state index contributed by atoms with van der Waals surface area (Å²) in [6, 6.07) is 11.0. The number of hydrogen-bond acceptors (Lipinski definition) is 5. The van der Waals surface area contributed by atoms with Gasteiger partial charge in [-0.05, 0) is 42.5 Å². The molecule has 7 nitrogen and oxygen atoms in total. The predicted molar refractivity (Wildman–Crippen MR) is 99.3 cm³/mol. The molecule has 1 unspecified atom stereocenters. The molecular weight excluding hydrogens is 344 g/mol. The number of aromatic nitrogens is 3. The Hall–Kier alpha value is -3.06. The van der Waals surface area contributed by atoms with E-state index in [4.69, 9.17) is 0 Å². The van der Waals surface area contributed by atoms with Gasteiger partial charge in [-0.2, -0.15) is 5.10 Å². The highest BCUT2D eigenvalue weighted by molar-refractivity contribution is 5.97. The van der Waals surface area contributed by atoms with Crippen molar-refractivity contribution in [1.29, 1.82) is 0 Å². The van der Waals surface area contributed by atoms with Crippen molar-refractivity contribution in [2.45, 2.75) is 31.9 Å². The molecule has 1 atom stereocenters. The maximum Gasteiger partial charge on any atom is 0.269 e. The summed E-state index contributed by atoms with van der Waals surface area (Å²) in [6.07, 6.45) is 2.68. The fourth-order valence-electron chi connectivity index (χ4n) is 3.47. The summed E-state index contributed by atoms with van der Waals surface area (Å²) in [5, 5.41) is 20.2. The average Bonchev–Trinajstić information content (AvgIpc) is 3.14. The van der Waals surface area contributed by atoms with Crippen molar-refractivity contribution in [1.82, 2.24) is 20.5 Å². The van der Waals surface area contributed by atoms with Crippen LogP contribution in [0.4, 0.5) is 0 Å². The van der Waals surface area contributed by atoms with E-state index < -0.39 is 0 Å². The Kier molecular flexibility index (Phi) is 4.45. The van der Waals surface area contributed by atoms with E-state index in [1.165, 1.54) is 13.0 Å². The number of benzene rings is 1. The van der Waals surface area contributed by atoms with E-state index in [1.807, 2.05) is 30.3 Å². The first-order chi connectivity index (χ1) is 13.0. The number of aliphatic hydroxyl groups is 1. The quantitative estimate of drug-likeness (QED) is 0.603. The molecule has 0 spiro atoms. The van der Waals surface area contributed by atoms with Crippen molar-refractivity contribution in [2.24, 2.45) is 5.92 Å². The van der Waals surface area contributed by atoms with Gasteiger partial charge in [0.25, 0.3) is 5.91 Å². The molecule has 1 aliphatic carbocycles. The molecule has 1 amide bonds. The van der Waals surface area contributed by atoms with Crippen LogP contribution in [-0.4, -0.2) is 38.1 Å². The van der Waals surface area contributed by atoms with Gasteiger partial charge in [0.05, 0.1) is 17.7 Å². The number of Topliss-reactive ketones (excluding diaryl/α,β-unsaturated/α-hetero) is 1. The lowest BCUT2D eigenvalue weighted by Gasteiger charge is -2.38. The molecular formula is C20H20N4O3. The number of para-hydroxylation sites is 1. The molecule has 138 valence electrons. The molecule has 3 N–H and O–H groups in total. The molecule has 0 aliphatic heterocycles. The molecule has 27 heavy (non-hydrogen) atoms. The Balaban J connectivity index is 1.62. The number of nitrogens with zero attached hydrogens (tertiary/aromatic N) is 2. The summed E-state index contributed by atoms with van der Waals surface area (Å²) < 4.78 is 0. The fraction of sp³-hybridized carbons (Fsp3) is 0.300. The van der Waals surface area contributed by atoms with E-state index in [0.29, 0.717) is 12.8 Å². The molecule has 1 aliphatic rings. The number of H-pyrrole nitrogens is 1. The summed E-state index contributed by atoms with van der Waals surface area (Å²) in [6.45, 7) is 1.40. The monoisotopic (exact) mass is 364 g/mol. The normalized spacial score (nSPS) is 20.1. The van der Waals surface area contributed by atoms with Gasteiger partial charge in [-0.3, -0.25) is 19.7 Å². The number of aromatic amines is 1. The molecule has 3 aromatic rings. The van der Waals surface area contributed by atoms with E-state index in [2.05, 4.69) is 20.5 Å². The molecule has 0 bridgehead atoms. The second-order valence-electron chi connectivity index (χ2n) is 7.02. The number of carbonyl (C=O) groups excluding carboxylic acids is 2. The minimum Gasteiger partial charge on any atom is -0.393 e. The van der Waals surface area contributed by atoms with Crippen molar-refractivity contribution < 1.29 is 14.7 Å². The summed E-state index contributed by atoms with van der Waals surface area (Å²) in [7, 11) is 0. The topological polar surface area (TPSA) is 108 Å². The smallest absolute Gasteiger partial charge is 0.269 e. The molecule has 1 saturated carbocycles. The second kappa shape index (κ2) is 6.92. The lowest BCUT2D eigenvalue weighted by molar-refractivity contribution is 0.0234. The Labute approximate surface area is 155 Å². The molecule has 1 fully saturated rings. The van der Waals surface area contributed by atoms with Gasteiger partial charge in [0.2, 0.25) is 0 Å². The van der Waals surface area contributed by atoms with Crippen molar-refractivity contribution in [3.8, 4) is 0 Å². The van der Waals surface area contributed by atoms with Crippen LogP contribution in [0.5, 0.6) is 0 Å². The molecule has 2 heterocycles. The van der Waals surface area contributed by atoms with Gasteiger partial charge in [0, 0.05) is 18.5 Å². The van der Waals surface area contributed by atoms with Crippen LogP contribution in [0, 0.1) is 5.92 Å². The van der Waals surface area contributed by atoms with Crippen LogP contribution in [0.3, 0.4) is 0 Å². The first-order valence-electron chi connectivity index (χ1n) is 8.91. The molecule has 7 heteroatoms. The van der Waals surface area contributed by atoms with Crippen molar-refractivity contribution >= 4 is 22.6 Å². The minimum absolute atomic E-state index is 0.127. The summed E-state index contributed by atoms with van der Waals surface area (Å²) in [4.78, 5) is 28.6. The Morgan fingerprint density at radius 1 is 1.26 bits per heavy atom. The molecule has 1 aromatic carbocycles. The number of rotatable bonds is 5. The molecule has 2 aromatic heterocycles. The van der Waals surface area contributed by atoms with Crippen LogP contribution in [0.1, 0.15) is 52.3 Å². The number of aliphatic hydroxyl groups excluding tert-OH is 1. The van der Waals surface area contributed by atoms with Gasteiger partial charge in [-0.25, -0.2) is 0 Å². The van der Waals surface area contributed by atoms with Crippen molar-refractivity contribution in [3.05, 3.63) is 59.5 Å². The number of amides is 1. The van der Waals surface area contributed by atoms with Gasteiger partial charge in [0.15, 0.2) is 5.78 Å². The second-order valence-corrected chi connectivity index (χ2v) is 7.02. The highest BCUT2D eigenvalue weighted by Crippen LogP contribution is 2.38. The fourth-order valence-corrected chi connectivity index (χ4v) is 3.47. The van der Waals surface area contributed by atoms with Gasteiger partial charge < -0.3 is 10.4 Å². The van der Waals surface area contributed by atoms with Gasteiger partial charge in [0.1, 0.15) is 11.4 Å². The van der Waals surface area contributed by atoms with Crippen LogP contribution in [0.25, 0.3) is 10.9 Å². The Morgan fingerprint density at radius 2 is 2.04 bits per heavy atom. The van der Waals surface area contributed by atoms with Crippen molar-refractivity contribution in [2.75, 3.05) is 0 Å². The van der Waals surface area contributed by atoms with Gasteiger partial charge in [-0.1, -0.05) is 18.2 Å². The SMILES string of the molecule is CC(=O)c1cc(C(=O)NC(c2cnc3ccccc3c2)C2CC(O)C2)[nH]n1. The Morgan fingerprint density at radius 3 is 2.74 bits per heavy atom. The summed E-state index contributed by atoms with van der Waals surface area (Å²) >= 11 is 0. The number of nitrogens with one attached hydrogen (secondary N) is 2. The lowest BCUT2D eigenvalue weighted by Crippen LogP contribution is -2.41. The minimum atomic E-state index is -0.338. The molecule has 4 rings (SSSR count). The van der Waals surface area contributed by atoms with E-state index in [9.17, 15) is 14.7 Å². The Bertz CT molecular complexity index is 1010. The van der Waals surface area contributed by atoms with Crippen LogP contribution in [0.2, 0.25) is 0 Å². The third kappa shape index (κ3) is 3.46. The third-order valence-corrected chi connectivity index (χ3v) is 5.06. The zero-order chi connectivity index (χ0) is 19.0. The zero-order valence-electron chi connectivity index (χ0n) is 14.8. The van der Waals surface area contributed by atoms with Crippen LogP contribution < -0.4 is 5.32 Å². The first kappa shape index (κ1) is 17.4. The van der Waals surface area contributed by atoms with E-state index >= 15 is 0 Å². The van der Waals surface area contributed by atoms with Crippen LogP contribution in [-0.2, 0) is 0 Å². The molecule has 0 saturated heterocycles. The average molecular weight is 364 g/mol. The number of ketones is 1. The van der Waals surface area contributed by atoms with E-state index in [1.54, 1.807) is 6.20 Å². The number of hydrogen-bond donors (Lipinski definition) is 3. The standard InChI is InChI=1S/C20H20N4O3/c1-11(25)17-9-18(24-23-17)20(27)22-19(13-7-15(26)8-13)14-6-12-4-2-3-5-16(12)21-10-14/h2-6,9-10,13,15,19,26H,7-8H2,1H3,(H,22,27)(H,23,24). The summed E-state index contributed by atoms with van der Waals surface area (Å²) in [5.41, 5.74) is 2.24. The highest BCUT2D eigenvalue weighted by Gasteiger charge is 2.36. The van der Waals surface area contributed by atoms with Crippen molar-refractivity contribution in [3.63, 3.8) is 0 Å². The first-order valence-corrected chi connectivity index (χ1v) is 8.91. The maximum atomic E-state index is 12.7. The van der Waals surface area contributed by atoms with Gasteiger partial charge in [-0.15, -0.1) is 0 Å². The third-order valence-electron chi connectivity index (χ3n) is 5.06. The predicted octanol–water partition coefficient (Wildman–Crippen LogP) is 2.40. The number of pyridine rings is 1.